The average Bonchev–Trinajstić information content (AvgIpc) is 3.02. The van der Waals surface area contributed by atoms with E-state index < -0.39 is 17.8 Å². The molecule has 0 radical (unpaired) electrons. The van der Waals surface area contributed by atoms with Crippen molar-refractivity contribution >= 4 is 40.1 Å². The van der Waals surface area contributed by atoms with Crippen molar-refractivity contribution in [3.63, 3.8) is 0 Å². The third-order valence-electron chi connectivity index (χ3n) is 5.13. The number of esters is 1. The van der Waals surface area contributed by atoms with Crippen LogP contribution < -0.4 is 10.6 Å². The highest BCUT2D eigenvalue weighted by molar-refractivity contribution is 6.15. The fraction of sp³-hybridized carbons (Fsp3) is 0.208. The predicted molar refractivity (Wildman–Crippen MR) is 119 cm³/mol. The van der Waals surface area contributed by atoms with Crippen molar-refractivity contribution in [2.75, 3.05) is 11.9 Å². The number of benzene rings is 2. The van der Waals surface area contributed by atoms with Crippen molar-refractivity contribution in [3.05, 3.63) is 71.6 Å². The number of amidine groups is 1. The number of para-hydroxylation sites is 3. The van der Waals surface area contributed by atoms with Crippen LogP contribution >= 0.6 is 0 Å². The topological polar surface area (TPSA) is 92.9 Å². The Morgan fingerprint density at radius 3 is 2.68 bits per heavy atom. The Balaban J connectivity index is 1.77. The van der Waals surface area contributed by atoms with Crippen LogP contribution in [0.25, 0.3) is 11.0 Å². The Bertz CT molecular complexity index is 1220. The number of amides is 1. The summed E-state index contributed by atoms with van der Waals surface area (Å²) in [5, 5.41) is 6.91. The Labute approximate surface area is 179 Å². The second kappa shape index (κ2) is 8.47. The molecule has 1 aliphatic rings. The standard InChI is InChI=1S/C24H23N3O4/c1-4-16-20(24(29)30-5-2)22(26-18-12-8-7-11-17(18)25-16)27-23(28)21-14(3)15-10-6-9-13-19(15)31-21/h4,6-13,20,25H,5H2,1-3H3,(H,26,27,28)/b16-4-/t20-/m1/s1. The highest BCUT2D eigenvalue weighted by Gasteiger charge is 2.34. The molecular formula is C24H23N3O4. The molecule has 0 aliphatic carbocycles. The van der Waals surface area contributed by atoms with Gasteiger partial charge in [-0.3, -0.25) is 9.59 Å². The monoisotopic (exact) mass is 417 g/mol. The Kier molecular flexibility index (Phi) is 5.58. The number of aliphatic imine (C=N–C) groups is 1. The van der Waals surface area contributed by atoms with Gasteiger partial charge in [0.25, 0.3) is 5.91 Å². The van der Waals surface area contributed by atoms with Crippen LogP contribution in [0.2, 0.25) is 0 Å². The summed E-state index contributed by atoms with van der Waals surface area (Å²) in [5.41, 5.74) is 3.25. The molecule has 0 fully saturated rings. The van der Waals surface area contributed by atoms with Gasteiger partial charge in [0, 0.05) is 16.6 Å². The first kappa shape index (κ1) is 20.4. The molecule has 1 aromatic heterocycles. The van der Waals surface area contributed by atoms with Gasteiger partial charge < -0.3 is 19.8 Å². The maximum Gasteiger partial charge on any atom is 0.322 e. The minimum atomic E-state index is -0.911. The second-order valence-electron chi connectivity index (χ2n) is 7.07. The van der Waals surface area contributed by atoms with Gasteiger partial charge in [0.05, 0.1) is 18.0 Å². The number of carbonyl (C=O) groups is 2. The molecule has 31 heavy (non-hydrogen) atoms. The van der Waals surface area contributed by atoms with Crippen LogP contribution in [-0.2, 0) is 9.53 Å². The van der Waals surface area contributed by atoms with Gasteiger partial charge in [-0.05, 0) is 39.0 Å². The van der Waals surface area contributed by atoms with Gasteiger partial charge >= 0.3 is 5.97 Å². The molecule has 4 rings (SSSR count). The molecule has 0 saturated carbocycles. The molecule has 1 atom stereocenters. The summed E-state index contributed by atoms with van der Waals surface area (Å²) >= 11 is 0. The van der Waals surface area contributed by atoms with E-state index in [1.165, 1.54) is 0 Å². The summed E-state index contributed by atoms with van der Waals surface area (Å²) < 4.78 is 11.1. The summed E-state index contributed by atoms with van der Waals surface area (Å²) in [5.74, 6) is -1.54. The number of anilines is 1. The molecule has 1 amide bonds. The molecule has 2 heterocycles. The Hall–Kier alpha value is -3.87. The molecule has 7 nitrogen and oxygen atoms in total. The van der Waals surface area contributed by atoms with Crippen molar-refractivity contribution < 1.29 is 18.7 Å². The van der Waals surface area contributed by atoms with Crippen LogP contribution in [0.1, 0.15) is 30.0 Å². The van der Waals surface area contributed by atoms with E-state index in [-0.39, 0.29) is 18.2 Å². The lowest BCUT2D eigenvalue weighted by atomic mass is 10.0. The van der Waals surface area contributed by atoms with Gasteiger partial charge in [-0.2, -0.15) is 0 Å². The smallest absolute Gasteiger partial charge is 0.322 e. The number of carbonyl (C=O) groups excluding carboxylic acids is 2. The zero-order valence-corrected chi connectivity index (χ0v) is 17.6. The molecule has 0 saturated heterocycles. The molecule has 1 aliphatic heterocycles. The molecule has 0 unspecified atom stereocenters. The van der Waals surface area contributed by atoms with Crippen molar-refractivity contribution in [2.45, 2.75) is 20.8 Å². The van der Waals surface area contributed by atoms with Gasteiger partial charge in [-0.1, -0.05) is 36.4 Å². The van der Waals surface area contributed by atoms with Crippen LogP contribution in [0, 0.1) is 12.8 Å². The minimum absolute atomic E-state index is 0.175. The van der Waals surface area contributed by atoms with Gasteiger partial charge in [0.2, 0.25) is 0 Å². The number of nitrogens with zero attached hydrogens (tertiary/aromatic N) is 1. The predicted octanol–water partition coefficient (Wildman–Crippen LogP) is 4.71. The van der Waals surface area contributed by atoms with Crippen LogP contribution in [0.4, 0.5) is 11.4 Å². The van der Waals surface area contributed by atoms with Gasteiger partial charge in [-0.15, -0.1) is 0 Å². The van der Waals surface area contributed by atoms with E-state index in [4.69, 9.17) is 9.15 Å². The van der Waals surface area contributed by atoms with Crippen LogP contribution in [0.15, 0.2) is 69.7 Å². The maximum atomic E-state index is 13.2. The summed E-state index contributed by atoms with van der Waals surface area (Å²) in [7, 11) is 0. The third-order valence-corrected chi connectivity index (χ3v) is 5.13. The van der Waals surface area contributed by atoms with Crippen molar-refractivity contribution in [3.8, 4) is 0 Å². The number of ether oxygens (including phenoxy) is 1. The highest BCUT2D eigenvalue weighted by Crippen LogP contribution is 2.32. The zero-order chi connectivity index (χ0) is 22.0. The number of aryl methyl sites for hydroxylation is 1. The van der Waals surface area contributed by atoms with E-state index in [0.717, 1.165) is 16.6 Å². The lowest BCUT2D eigenvalue weighted by Crippen LogP contribution is -2.41. The van der Waals surface area contributed by atoms with Gasteiger partial charge in [-0.25, -0.2) is 4.99 Å². The lowest BCUT2D eigenvalue weighted by Gasteiger charge is -2.19. The number of furan rings is 1. The number of hydrogen-bond acceptors (Lipinski definition) is 6. The van der Waals surface area contributed by atoms with Crippen molar-refractivity contribution in [1.29, 1.82) is 0 Å². The van der Waals surface area contributed by atoms with E-state index in [2.05, 4.69) is 15.6 Å². The molecule has 0 bridgehead atoms. The zero-order valence-electron chi connectivity index (χ0n) is 17.6. The van der Waals surface area contributed by atoms with Crippen LogP contribution in [-0.4, -0.2) is 24.3 Å². The third kappa shape index (κ3) is 3.82. The summed E-state index contributed by atoms with van der Waals surface area (Å²) in [6, 6.07) is 14.8. The molecule has 158 valence electrons. The van der Waals surface area contributed by atoms with Gasteiger partial charge in [0.1, 0.15) is 11.4 Å². The fourth-order valence-corrected chi connectivity index (χ4v) is 3.61. The fourth-order valence-electron chi connectivity index (χ4n) is 3.61. The minimum Gasteiger partial charge on any atom is -0.465 e. The summed E-state index contributed by atoms with van der Waals surface area (Å²) in [6.07, 6.45) is 1.78. The molecule has 2 N–H and O–H groups in total. The molecular weight excluding hydrogens is 394 g/mol. The molecule has 2 aromatic carbocycles. The first-order valence-corrected chi connectivity index (χ1v) is 10.1. The normalized spacial score (nSPS) is 16.8. The maximum absolute atomic E-state index is 13.2. The van der Waals surface area contributed by atoms with Crippen LogP contribution in [0.5, 0.6) is 0 Å². The van der Waals surface area contributed by atoms with E-state index >= 15 is 0 Å². The second-order valence-corrected chi connectivity index (χ2v) is 7.07. The van der Waals surface area contributed by atoms with E-state index in [9.17, 15) is 9.59 Å². The van der Waals surface area contributed by atoms with E-state index in [0.29, 0.717) is 17.0 Å². The molecule has 0 spiro atoms. The lowest BCUT2D eigenvalue weighted by molar-refractivity contribution is -0.144. The molecule has 3 aromatic rings. The Morgan fingerprint density at radius 2 is 1.94 bits per heavy atom. The van der Waals surface area contributed by atoms with Crippen molar-refractivity contribution in [1.82, 2.24) is 5.32 Å². The van der Waals surface area contributed by atoms with E-state index in [1.54, 1.807) is 13.0 Å². The first-order chi connectivity index (χ1) is 15.0. The number of allylic oxidation sites excluding steroid dienone is 1. The van der Waals surface area contributed by atoms with Crippen molar-refractivity contribution in [2.24, 2.45) is 10.9 Å². The number of rotatable bonds is 3. The highest BCUT2D eigenvalue weighted by atomic mass is 16.5. The van der Waals surface area contributed by atoms with E-state index in [1.807, 2.05) is 62.4 Å². The molecule has 7 heteroatoms. The number of nitrogens with one attached hydrogen (secondary N) is 2. The number of hydrogen-bond donors (Lipinski definition) is 2. The first-order valence-electron chi connectivity index (χ1n) is 10.1. The van der Waals surface area contributed by atoms with Crippen LogP contribution in [0.3, 0.4) is 0 Å². The summed E-state index contributed by atoms with van der Waals surface area (Å²) in [6.45, 7) is 5.58. The Morgan fingerprint density at radius 1 is 1.19 bits per heavy atom. The quantitative estimate of drug-likeness (QED) is 0.602. The van der Waals surface area contributed by atoms with Gasteiger partial charge in [0.15, 0.2) is 11.7 Å². The average molecular weight is 417 g/mol. The largest absolute Gasteiger partial charge is 0.465 e. The SMILES string of the molecule is C/C=C1\Nc2ccccc2N=C(NC(=O)c2oc3ccccc3c2C)[C@@H]1C(=O)OCC. The summed E-state index contributed by atoms with van der Waals surface area (Å²) in [4.78, 5) is 30.6. The number of fused-ring (bicyclic) bond motifs is 2.